The average Bonchev–Trinajstić information content (AvgIpc) is 2.17. The van der Waals surface area contributed by atoms with Crippen molar-refractivity contribution in [2.45, 2.75) is 25.1 Å². The first kappa shape index (κ1) is 13.6. The van der Waals surface area contributed by atoms with Gasteiger partial charge in [-0.25, -0.2) is 0 Å². The third-order valence-electron chi connectivity index (χ3n) is 2.16. The number of nitrogens with one attached hydrogen (secondary N) is 2. The van der Waals surface area contributed by atoms with Gasteiger partial charge in [0.1, 0.15) is 0 Å². The first-order chi connectivity index (χ1) is 7.47. The van der Waals surface area contributed by atoms with E-state index in [1.54, 1.807) is 11.8 Å². The summed E-state index contributed by atoms with van der Waals surface area (Å²) in [5.41, 5.74) is 0. The van der Waals surface area contributed by atoms with Crippen molar-refractivity contribution in [3.05, 3.63) is 0 Å². The summed E-state index contributed by atoms with van der Waals surface area (Å²) < 4.78 is 35.4. The molecule has 16 heavy (non-hydrogen) atoms. The lowest BCUT2D eigenvalue weighted by molar-refractivity contribution is -0.135. The highest BCUT2D eigenvalue weighted by Gasteiger charge is 2.26. The summed E-state index contributed by atoms with van der Waals surface area (Å²) in [6, 6.07) is 0.0876. The molecule has 0 aromatic carbocycles. The second-order valence-corrected chi connectivity index (χ2v) is 4.80. The van der Waals surface area contributed by atoms with Crippen LogP contribution in [0.3, 0.4) is 0 Å². The van der Waals surface area contributed by atoms with Crippen LogP contribution in [-0.4, -0.2) is 42.7 Å². The molecule has 1 aliphatic rings. The first-order valence-electron chi connectivity index (χ1n) is 5.12. The maximum Gasteiger partial charge on any atom is 0.390 e. The van der Waals surface area contributed by atoms with Crippen LogP contribution in [0.5, 0.6) is 0 Å². The zero-order chi connectivity index (χ0) is 12.0. The van der Waals surface area contributed by atoms with Crippen molar-refractivity contribution >= 4 is 17.7 Å². The minimum Gasteiger partial charge on any atom is -0.356 e. The van der Waals surface area contributed by atoms with Crippen molar-refractivity contribution in [3.8, 4) is 0 Å². The Hall–Kier alpha value is -0.430. The first-order valence-corrected chi connectivity index (χ1v) is 6.27. The van der Waals surface area contributed by atoms with E-state index >= 15 is 0 Å². The fourth-order valence-electron chi connectivity index (χ4n) is 1.39. The van der Waals surface area contributed by atoms with Gasteiger partial charge < -0.3 is 10.6 Å². The Labute approximate surface area is 96.5 Å². The largest absolute Gasteiger partial charge is 0.390 e. The van der Waals surface area contributed by atoms with E-state index in [0.29, 0.717) is 0 Å². The van der Waals surface area contributed by atoms with Crippen LogP contribution in [0.1, 0.15) is 12.8 Å². The highest BCUT2D eigenvalue weighted by atomic mass is 32.2. The van der Waals surface area contributed by atoms with Gasteiger partial charge in [0, 0.05) is 37.1 Å². The van der Waals surface area contributed by atoms with Gasteiger partial charge in [0.2, 0.25) is 5.91 Å². The molecule has 2 N–H and O–H groups in total. The van der Waals surface area contributed by atoms with Gasteiger partial charge in [-0.2, -0.15) is 24.9 Å². The topological polar surface area (TPSA) is 41.1 Å². The standard InChI is InChI=1S/C9H15F3N2OS/c10-9(11,12)1-2-14-8(15)5-7-6-16-4-3-13-7/h7,13H,1-6H2,(H,14,15). The Bertz CT molecular complexity index is 229. The van der Waals surface area contributed by atoms with E-state index in [1.807, 2.05) is 0 Å². The molecule has 1 aliphatic heterocycles. The lowest BCUT2D eigenvalue weighted by atomic mass is 10.2. The van der Waals surface area contributed by atoms with Gasteiger partial charge in [0.25, 0.3) is 0 Å². The molecule has 7 heteroatoms. The van der Waals surface area contributed by atoms with Gasteiger partial charge in [0.15, 0.2) is 0 Å². The normalized spacial score (nSPS) is 21.8. The van der Waals surface area contributed by atoms with Gasteiger partial charge in [0.05, 0.1) is 6.42 Å². The zero-order valence-electron chi connectivity index (χ0n) is 8.77. The number of amides is 1. The molecule has 3 nitrogen and oxygen atoms in total. The second kappa shape index (κ2) is 6.34. The lowest BCUT2D eigenvalue weighted by Crippen LogP contribution is -2.41. The molecule has 0 aromatic heterocycles. The van der Waals surface area contributed by atoms with Crippen LogP contribution < -0.4 is 10.6 Å². The van der Waals surface area contributed by atoms with Crippen LogP contribution in [0.2, 0.25) is 0 Å². The van der Waals surface area contributed by atoms with Crippen LogP contribution in [0.4, 0.5) is 13.2 Å². The third kappa shape index (κ3) is 6.22. The summed E-state index contributed by atoms with van der Waals surface area (Å²) in [7, 11) is 0. The van der Waals surface area contributed by atoms with Crippen molar-refractivity contribution in [2.24, 2.45) is 0 Å². The number of halogens is 3. The quantitative estimate of drug-likeness (QED) is 0.793. The van der Waals surface area contributed by atoms with Crippen molar-refractivity contribution in [3.63, 3.8) is 0 Å². The molecule has 1 unspecified atom stereocenters. The average molecular weight is 256 g/mol. The van der Waals surface area contributed by atoms with Crippen LogP contribution in [0.25, 0.3) is 0 Å². The Morgan fingerprint density at radius 2 is 2.25 bits per heavy atom. The summed E-state index contributed by atoms with van der Waals surface area (Å²) in [4.78, 5) is 11.3. The van der Waals surface area contributed by atoms with Crippen molar-refractivity contribution in [1.82, 2.24) is 10.6 Å². The number of alkyl halides is 3. The number of thioether (sulfide) groups is 1. The minimum absolute atomic E-state index is 0.0876. The summed E-state index contributed by atoms with van der Waals surface area (Å²) in [5.74, 6) is 1.54. The molecule has 0 saturated carbocycles. The van der Waals surface area contributed by atoms with E-state index in [9.17, 15) is 18.0 Å². The van der Waals surface area contributed by atoms with E-state index in [0.717, 1.165) is 18.1 Å². The summed E-state index contributed by atoms with van der Waals surface area (Å²) in [6.07, 6.45) is -4.91. The second-order valence-electron chi connectivity index (χ2n) is 3.65. The molecule has 0 aliphatic carbocycles. The molecular weight excluding hydrogens is 241 g/mol. The number of hydrogen-bond acceptors (Lipinski definition) is 3. The maximum atomic E-state index is 11.8. The molecule has 94 valence electrons. The zero-order valence-corrected chi connectivity index (χ0v) is 9.59. The summed E-state index contributed by atoms with van der Waals surface area (Å²) in [5, 5.41) is 5.43. The lowest BCUT2D eigenvalue weighted by Gasteiger charge is -2.22. The van der Waals surface area contributed by atoms with Crippen molar-refractivity contribution in [2.75, 3.05) is 24.6 Å². The summed E-state index contributed by atoms with van der Waals surface area (Å²) >= 11 is 1.75. The molecule has 1 amide bonds. The van der Waals surface area contributed by atoms with E-state index < -0.39 is 12.6 Å². The Kier molecular flexibility index (Phi) is 5.40. The predicted molar refractivity (Wildman–Crippen MR) is 57.4 cm³/mol. The molecule has 1 fully saturated rings. The highest BCUT2D eigenvalue weighted by Crippen LogP contribution is 2.18. The Morgan fingerprint density at radius 3 is 2.81 bits per heavy atom. The van der Waals surface area contributed by atoms with E-state index in [4.69, 9.17) is 0 Å². The Morgan fingerprint density at radius 1 is 1.50 bits per heavy atom. The highest BCUT2D eigenvalue weighted by molar-refractivity contribution is 7.99. The van der Waals surface area contributed by atoms with Crippen LogP contribution in [0.15, 0.2) is 0 Å². The summed E-state index contributed by atoms with van der Waals surface area (Å²) in [6.45, 7) is 0.521. The molecule has 0 aromatic rings. The number of hydrogen-bond donors (Lipinski definition) is 2. The van der Waals surface area contributed by atoms with E-state index in [2.05, 4.69) is 10.6 Å². The smallest absolute Gasteiger partial charge is 0.356 e. The molecule has 1 atom stereocenters. The van der Waals surface area contributed by atoms with Gasteiger partial charge in [-0.1, -0.05) is 0 Å². The fraction of sp³-hybridized carbons (Fsp3) is 0.889. The molecule has 1 saturated heterocycles. The minimum atomic E-state index is -4.20. The van der Waals surface area contributed by atoms with Gasteiger partial charge in [-0.05, 0) is 0 Å². The molecule has 0 spiro atoms. The number of carbonyl (C=O) groups is 1. The van der Waals surface area contributed by atoms with E-state index in [1.165, 1.54) is 0 Å². The van der Waals surface area contributed by atoms with E-state index in [-0.39, 0.29) is 24.9 Å². The molecule has 0 radical (unpaired) electrons. The predicted octanol–water partition coefficient (Wildman–Crippen LogP) is 1.15. The van der Waals surface area contributed by atoms with Crippen LogP contribution in [0, 0.1) is 0 Å². The van der Waals surface area contributed by atoms with Crippen LogP contribution >= 0.6 is 11.8 Å². The van der Waals surface area contributed by atoms with Crippen LogP contribution in [-0.2, 0) is 4.79 Å². The van der Waals surface area contributed by atoms with Gasteiger partial charge >= 0.3 is 6.18 Å². The molecular formula is C9H15F3N2OS. The number of rotatable bonds is 4. The maximum absolute atomic E-state index is 11.8. The molecule has 0 bridgehead atoms. The fourth-order valence-corrected chi connectivity index (χ4v) is 2.34. The third-order valence-corrected chi connectivity index (χ3v) is 3.29. The molecule has 1 rings (SSSR count). The van der Waals surface area contributed by atoms with Gasteiger partial charge in [-0.15, -0.1) is 0 Å². The number of carbonyl (C=O) groups excluding carboxylic acids is 1. The van der Waals surface area contributed by atoms with Gasteiger partial charge in [-0.3, -0.25) is 4.79 Å². The Balaban J connectivity index is 2.10. The monoisotopic (exact) mass is 256 g/mol. The van der Waals surface area contributed by atoms with Crippen molar-refractivity contribution < 1.29 is 18.0 Å². The van der Waals surface area contributed by atoms with Crippen molar-refractivity contribution in [1.29, 1.82) is 0 Å². The SMILES string of the molecule is O=C(CC1CSCCN1)NCCC(F)(F)F. The molecule has 1 heterocycles.